The lowest BCUT2D eigenvalue weighted by Crippen LogP contribution is -2.61. The SMILES string of the molecule is CC1CN(c2cc(N3CCC3)nc(-c3cnc4cnc(C(F)(F)F)cn34)n2)C(C)C(C2=CCN=C2)N1. The lowest BCUT2D eigenvalue weighted by molar-refractivity contribution is -0.141. The Kier molecular flexibility index (Phi) is 5.43. The topological polar surface area (TPSA) is 86.8 Å². The van der Waals surface area contributed by atoms with Gasteiger partial charge < -0.3 is 15.1 Å². The highest BCUT2D eigenvalue weighted by Crippen LogP contribution is 2.32. The number of nitrogens with zero attached hydrogens (tertiary/aromatic N) is 8. The molecule has 2 saturated heterocycles. The fourth-order valence-electron chi connectivity index (χ4n) is 4.98. The van der Waals surface area contributed by atoms with Gasteiger partial charge in [-0.2, -0.15) is 13.2 Å². The molecule has 0 aromatic carbocycles. The van der Waals surface area contributed by atoms with Crippen LogP contribution in [0.3, 0.4) is 0 Å². The highest BCUT2D eigenvalue weighted by molar-refractivity contribution is 5.83. The molecule has 9 nitrogen and oxygen atoms in total. The second kappa shape index (κ2) is 8.54. The van der Waals surface area contributed by atoms with E-state index in [0.717, 1.165) is 55.7 Å². The first kappa shape index (κ1) is 22.9. The first-order chi connectivity index (χ1) is 17.3. The fourth-order valence-corrected chi connectivity index (χ4v) is 4.98. The largest absolute Gasteiger partial charge is 0.434 e. The number of anilines is 2. The Hall–Kier alpha value is -3.54. The minimum Gasteiger partial charge on any atom is -0.356 e. The Morgan fingerprint density at radius 1 is 1.06 bits per heavy atom. The van der Waals surface area contributed by atoms with Crippen molar-refractivity contribution in [3.05, 3.63) is 42.0 Å². The third-order valence-electron chi connectivity index (χ3n) is 7.03. The van der Waals surface area contributed by atoms with Crippen LogP contribution >= 0.6 is 0 Å². The van der Waals surface area contributed by atoms with Crippen molar-refractivity contribution in [2.24, 2.45) is 4.99 Å². The van der Waals surface area contributed by atoms with Gasteiger partial charge in [-0.05, 0) is 25.8 Å². The number of nitrogens with one attached hydrogen (secondary N) is 1. The normalized spacial score (nSPS) is 24.4. The zero-order valence-electron chi connectivity index (χ0n) is 19.9. The first-order valence-electron chi connectivity index (χ1n) is 12.1. The molecule has 3 aromatic rings. The maximum Gasteiger partial charge on any atom is 0.434 e. The number of rotatable bonds is 4. The minimum atomic E-state index is -4.57. The summed E-state index contributed by atoms with van der Waals surface area (Å²) in [6, 6.07) is 2.34. The van der Waals surface area contributed by atoms with Gasteiger partial charge in [0.2, 0.25) is 0 Å². The number of halogens is 3. The van der Waals surface area contributed by atoms with Crippen LogP contribution in [0.4, 0.5) is 24.8 Å². The second-order valence-corrected chi connectivity index (χ2v) is 9.53. The van der Waals surface area contributed by atoms with Crippen LogP contribution in [0.2, 0.25) is 0 Å². The molecule has 3 atom stereocenters. The summed E-state index contributed by atoms with van der Waals surface area (Å²) < 4.78 is 41.5. The number of aromatic nitrogens is 5. The van der Waals surface area contributed by atoms with E-state index in [0.29, 0.717) is 23.7 Å². The van der Waals surface area contributed by atoms with Crippen molar-refractivity contribution in [2.45, 2.75) is 44.6 Å². The summed E-state index contributed by atoms with van der Waals surface area (Å²) in [5, 5.41) is 3.67. The summed E-state index contributed by atoms with van der Waals surface area (Å²) in [4.78, 5) is 26.2. The molecule has 0 aliphatic carbocycles. The van der Waals surface area contributed by atoms with Crippen LogP contribution in [0.25, 0.3) is 17.2 Å². The van der Waals surface area contributed by atoms with E-state index in [9.17, 15) is 13.2 Å². The van der Waals surface area contributed by atoms with Crippen molar-refractivity contribution >= 4 is 23.5 Å². The van der Waals surface area contributed by atoms with E-state index < -0.39 is 11.9 Å². The quantitative estimate of drug-likeness (QED) is 0.593. The van der Waals surface area contributed by atoms with E-state index >= 15 is 0 Å². The average Bonchev–Trinajstić information content (AvgIpc) is 3.48. The summed E-state index contributed by atoms with van der Waals surface area (Å²) >= 11 is 0. The molecule has 0 radical (unpaired) electrons. The highest BCUT2D eigenvalue weighted by atomic mass is 19.4. The van der Waals surface area contributed by atoms with Gasteiger partial charge >= 0.3 is 6.18 Å². The Morgan fingerprint density at radius 2 is 1.86 bits per heavy atom. The van der Waals surface area contributed by atoms with Crippen LogP contribution in [-0.2, 0) is 6.18 Å². The molecule has 0 saturated carbocycles. The van der Waals surface area contributed by atoms with Crippen molar-refractivity contribution in [1.29, 1.82) is 0 Å². The third-order valence-corrected chi connectivity index (χ3v) is 7.03. The van der Waals surface area contributed by atoms with Gasteiger partial charge in [0.15, 0.2) is 17.2 Å². The first-order valence-corrected chi connectivity index (χ1v) is 12.1. The van der Waals surface area contributed by atoms with Gasteiger partial charge in [-0.1, -0.05) is 6.08 Å². The van der Waals surface area contributed by atoms with Crippen LogP contribution in [0.15, 0.2) is 41.3 Å². The second-order valence-electron chi connectivity index (χ2n) is 9.53. The highest BCUT2D eigenvalue weighted by Gasteiger charge is 2.36. The predicted octanol–water partition coefficient (Wildman–Crippen LogP) is 2.98. The van der Waals surface area contributed by atoms with Crippen LogP contribution in [0.5, 0.6) is 0 Å². The molecule has 1 N–H and O–H groups in total. The van der Waals surface area contributed by atoms with E-state index in [1.165, 1.54) is 10.6 Å². The monoisotopic (exact) mass is 497 g/mol. The predicted molar refractivity (Wildman–Crippen MR) is 130 cm³/mol. The Balaban J connectivity index is 1.45. The van der Waals surface area contributed by atoms with Gasteiger partial charge in [0.25, 0.3) is 0 Å². The number of fused-ring (bicyclic) bond motifs is 1. The molecule has 2 fully saturated rings. The summed E-state index contributed by atoms with van der Waals surface area (Å²) in [7, 11) is 0. The fraction of sp³-hybridized carbons (Fsp3) is 0.458. The summed E-state index contributed by atoms with van der Waals surface area (Å²) in [6.07, 6.45) is 4.13. The van der Waals surface area contributed by atoms with Crippen LogP contribution in [-0.4, -0.2) is 74.9 Å². The zero-order chi connectivity index (χ0) is 25.0. The molecular formula is C24H26F3N9. The third kappa shape index (κ3) is 3.98. The van der Waals surface area contributed by atoms with Crippen molar-refractivity contribution in [2.75, 3.05) is 36.0 Å². The van der Waals surface area contributed by atoms with Gasteiger partial charge in [0.1, 0.15) is 17.3 Å². The molecule has 6 heterocycles. The van der Waals surface area contributed by atoms with Gasteiger partial charge in [-0.15, -0.1) is 0 Å². The van der Waals surface area contributed by atoms with Crippen molar-refractivity contribution in [1.82, 2.24) is 29.7 Å². The molecule has 3 unspecified atom stereocenters. The number of hydrogen-bond acceptors (Lipinski definition) is 8. The Morgan fingerprint density at radius 3 is 2.56 bits per heavy atom. The molecule has 0 bridgehead atoms. The number of piperazine rings is 1. The molecule has 0 amide bonds. The lowest BCUT2D eigenvalue weighted by Gasteiger charge is -2.44. The lowest BCUT2D eigenvalue weighted by atomic mass is 9.95. The molecule has 6 rings (SSSR count). The molecule has 3 aliphatic heterocycles. The summed E-state index contributed by atoms with van der Waals surface area (Å²) in [5.41, 5.74) is 0.853. The average molecular weight is 498 g/mol. The van der Waals surface area contributed by atoms with E-state index in [1.54, 1.807) is 0 Å². The summed E-state index contributed by atoms with van der Waals surface area (Å²) in [5.74, 6) is 1.83. The molecular weight excluding hydrogens is 471 g/mol. The van der Waals surface area contributed by atoms with Gasteiger partial charge in [-0.25, -0.2) is 19.9 Å². The summed E-state index contributed by atoms with van der Waals surface area (Å²) in [6.45, 7) is 7.46. The van der Waals surface area contributed by atoms with Crippen LogP contribution in [0, 0.1) is 0 Å². The molecule has 36 heavy (non-hydrogen) atoms. The van der Waals surface area contributed by atoms with E-state index in [1.807, 2.05) is 12.3 Å². The zero-order valence-corrected chi connectivity index (χ0v) is 19.9. The van der Waals surface area contributed by atoms with Gasteiger partial charge in [-0.3, -0.25) is 9.39 Å². The Bertz CT molecular complexity index is 1360. The van der Waals surface area contributed by atoms with E-state index in [4.69, 9.17) is 9.97 Å². The molecule has 3 aliphatic rings. The van der Waals surface area contributed by atoms with E-state index in [-0.39, 0.29) is 18.1 Å². The molecule has 188 valence electrons. The van der Waals surface area contributed by atoms with Crippen molar-refractivity contribution in [3.63, 3.8) is 0 Å². The van der Waals surface area contributed by atoms with Gasteiger partial charge in [0, 0.05) is 50.2 Å². The number of imidazole rings is 1. The maximum absolute atomic E-state index is 13.4. The van der Waals surface area contributed by atoms with E-state index in [2.05, 4.69) is 50.0 Å². The molecule has 3 aromatic heterocycles. The molecule has 0 spiro atoms. The Labute approximate surface area is 205 Å². The van der Waals surface area contributed by atoms with Crippen molar-refractivity contribution < 1.29 is 13.2 Å². The van der Waals surface area contributed by atoms with Crippen LogP contribution in [0.1, 0.15) is 26.0 Å². The molecule has 12 heteroatoms. The van der Waals surface area contributed by atoms with Crippen molar-refractivity contribution in [3.8, 4) is 11.5 Å². The van der Waals surface area contributed by atoms with Crippen LogP contribution < -0.4 is 15.1 Å². The minimum absolute atomic E-state index is 0.0761. The maximum atomic E-state index is 13.4. The van der Waals surface area contributed by atoms with Gasteiger partial charge in [0.05, 0.1) is 25.0 Å². The smallest absolute Gasteiger partial charge is 0.356 e. The number of alkyl halides is 3. The number of aliphatic imine (C=N–C) groups is 1. The number of hydrogen-bond donors (Lipinski definition) is 1. The standard InChI is InChI=1S/C24H26F3N9/c1-14-12-35(15(2)22(31-14)16-4-5-28-9-16)20-8-19(34-6-3-7-34)32-23(33-20)17-10-30-21-11-29-18(13-36(17)21)24(25,26)27/h4,8-11,13-15,22,31H,3,5-7,12H2,1-2H3.